The van der Waals surface area contributed by atoms with Gasteiger partial charge in [-0.25, -0.2) is 9.78 Å². The molecule has 0 bridgehead atoms. The number of carboxylic acids is 1. The maximum absolute atomic E-state index is 10.7. The first-order chi connectivity index (χ1) is 8.27. The molecule has 0 amide bonds. The Morgan fingerprint density at radius 2 is 1.71 bits per heavy atom. The summed E-state index contributed by atoms with van der Waals surface area (Å²) in [6, 6.07) is 13.0. The molecule has 0 spiro atoms. The van der Waals surface area contributed by atoms with Crippen LogP contribution in [-0.2, 0) is 0 Å². The Balaban J connectivity index is 0.000000686. The van der Waals surface area contributed by atoms with E-state index < -0.39 is 5.97 Å². The second-order valence-electron chi connectivity index (χ2n) is 3.10. The molecule has 0 atom stereocenters. The van der Waals surface area contributed by atoms with Gasteiger partial charge in [0.2, 0.25) is 0 Å². The Hall–Kier alpha value is -2.16. The van der Waals surface area contributed by atoms with Gasteiger partial charge in [-0.3, -0.25) is 0 Å². The molecule has 2 aromatic rings. The minimum atomic E-state index is -1.01. The van der Waals surface area contributed by atoms with Crippen LogP contribution in [0.3, 0.4) is 0 Å². The van der Waals surface area contributed by atoms with E-state index in [0.29, 0.717) is 0 Å². The molecule has 0 aliphatic heterocycles. The third-order valence-electron chi connectivity index (χ3n) is 2.09. The van der Waals surface area contributed by atoms with Gasteiger partial charge in [0, 0.05) is 6.20 Å². The fraction of sp³-hybridized carbons (Fsp3) is 0.143. The quantitative estimate of drug-likeness (QED) is 0.857. The standard InChI is InChI=1S/C12H9NO2.C2H6/c14-12(15)11-8-10(6-7-13-11)9-4-2-1-3-5-9;1-2/h1-8H,(H,14,15);1-2H3. The van der Waals surface area contributed by atoms with Crippen LogP contribution in [0.1, 0.15) is 24.3 Å². The van der Waals surface area contributed by atoms with E-state index in [-0.39, 0.29) is 5.69 Å². The lowest BCUT2D eigenvalue weighted by Crippen LogP contribution is -1.99. The molecule has 3 heteroatoms. The molecular formula is C14H15NO2. The molecule has 0 aliphatic carbocycles. The van der Waals surface area contributed by atoms with E-state index >= 15 is 0 Å². The minimum Gasteiger partial charge on any atom is -0.477 e. The normalized spacial score (nSPS) is 9.06. The van der Waals surface area contributed by atoms with Crippen LogP contribution in [0.15, 0.2) is 48.7 Å². The summed E-state index contributed by atoms with van der Waals surface area (Å²) < 4.78 is 0. The monoisotopic (exact) mass is 229 g/mol. The lowest BCUT2D eigenvalue weighted by molar-refractivity contribution is 0.0690. The zero-order valence-electron chi connectivity index (χ0n) is 9.92. The summed E-state index contributed by atoms with van der Waals surface area (Å²) in [5, 5.41) is 8.79. The zero-order valence-corrected chi connectivity index (χ0v) is 9.92. The molecule has 3 nitrogen and oxygen atoms in total. The van der Waals surface area contributed by atoms with Crippen molar-refractivity contribution in [3.63, 3.8) is 0 Å². The largest absolute Gasteiger partial charge is 0.477 e. The number of hydrogen-bond donors (Lipinski definition) is 1. The zero-order chi connectivity index (χ0) is 12.7. The average molecular weight is 229 g/mol. The van der Waals surface area contributed by atoms with E-state index in [0.717, 1.165) is 11.1 Å². The van der Waals surface area contributed by atoms with Crippen molar-refractivity contribution in [2.45, 2.75) is 13.8 Å². The van der Waals surface area contributed by atoms with Crippen LogP contribution < -0.4 is 0 Å². The molecule has 1 N–H and O–H groups in total. The molecule has 2 rings (SSSR count). The van der Waals surface area contributed by atoms with E-state index in [1.54, 1.807) is 12.1 Å². The maximum Gasteiger partial charge on any atom is 0.354 e. The molecule has 1 heterocycles. The first-order valence-electron chi connectivity index (χ1n) is 5.52. The van der Waals surface area contributed by atoms with Gasteiger partial charge in [-0.05, 0) is 23.3 Å². The van der Waals surface area contributed by atoms with Crippen molar-refractivity contribution in [3.05, 3.63) is 54.4 Å². The van der Waals surface area contributed by atoms with Gasteiger partial charge in [-0.15, -0.1) is 0 Å². The van der Waals surface area contributed by atoms with Crippen LogP contribution in [0.5, 0.6) is 0 Å². The van der Waals surface area contributed by atoms with Gasteiger partial charge >= 0.3 is 5.97 Å². The van der Waals surface area contributed by atoms with Crippen LogP contribution in [0.2, 0.25) is 0 Å². The lowest BCUT2D eigenvalue weighted by Gasteiger charge is -2.01. The average Bonchev–Trinajstić information content (AvgIpc) is 2.42. The maximum atomic E-state index is 10.7. The molecule has 88 valence electrons. The SMILES string of the molecule is CC.O=C(O)c1cc(-c2ccccc2)ccn1. The molecule has 0 unspecified atom stereocenters. The Bertz CT molecular complexity index is 481. The minimum absolute atomic E-state index is 0.0661. The summed E-state index contributed by atoms with van der Waals surface area (Å²) in [7, 11) is 0. The smallest absolute Gasteiger partial charge is 0.354 e. The van der Waals surface area contributed by atoms with Gasteiger partial charge in [0.25, 0.3) is 0 Å². The van der Waals surface area contributed by atoms with Crippen LogP contribution in [0, 0.1) is 0 Å². The predicted molar refractivity (Wildman–Crippen MR) is 68.0 cm³/mol. The number of pyridine rings is 1. The van der Waals surface area contributed by atoms with Crippen LogP contribution in [0.4, 0.5) is 0 Å². The molecule has 0 radical (unpaired) electrons. The Morgan fingerprint density at radius 1 is 1.06 bits per heavy atom. The van der Waals surface area contributed by atoms with Crippen molar-refractivity contribution >= 4 is 5.97 Å². The summed E-state index contributed by atoms with van der Waals surface area (Å²) >= 11 is 0. The van der Waals surface area contributed by atoms with Crippen LogP contribution in [0.25, 0.3) is 11.1 Å². The second-order valence-corrected chi connectivity index (χ2v) is 3.10. The van der Waals surface area contributed by atoms with Gasteiger partial charge in [-0.2, -0.15) is 0 Å². The molecular weight excluding hydrogens is 214 g/mol. The number of hydrogen-bond acceptors (Lipinski definition) is 2. The highest BCUT2D eigenvalue weighted by Gasteiger charge is 2.05. The number of carbonyl (C=O) groups is 1. The van der Waals surface area contributed by atoms with Crippen LogP contribution in [-0.4, -0.2) is 16.1 Å². The molecule has 1 aromatic heterocycles. The fourth-order valence-corrected chi connectivity index (χ4v) is 1.36. The number of aromatic nitrogens is 1. The number of rotatable bonds is 2. The summed E-state index contributed by atoms with van der Waals surface area (Å²) in [5.74, 6) is -1.01. The van der Waals surface area contributed by atoms with Crippen molar-refractivity contribution in [3.8, 4) is 11.1 Å². The van der Waals surface area contributed by atoms with Crippen molar-refractivity contribution in [1.29, 1.82) is 0 Å². The van der Waals surface area contributed by atoms with E-state index in [9.17, 15) is 4.79 Å². The van der Waals surface area contributed by atoms with Gasteiger partial charge in [0.15, 0.2) is 0 Å². The summed E-state index contributed by atoms with van der Waals surface area (Å²) in [6.07, 6.45) is 1.51. The highest BCUT2D eigenvalue weighted by Crippen LogP contribution is 2.18. The topological polar surface area (TPSA) is 50.2 Å². The molecule has 17 heavy (non-hydrogen) atoms. The molecule has 1 aromatic carbocycles. The Labute approximate surface area is 101 Å². The molecule has 0 fully saturated rings. The van der Waals surface area contributed by atoms with Gasteiger partial charge < -0.3 is 5.11 Å². The summed E-state index contributed by atoms with van der Waals surface area (Å²) in [4.78, 5) is 14.5. The van der Waals surface area contributed by atoms with Crippen LogP contribution >= 0.6 is 0 Å². The van der Waals surface area contributed by atoms with E-state index in [2.05, 4.69) is 4.98 Å². The first kappa shape index (κ1) is 12.9. The first-order valence-corrected chi connectivity index (χ1v) is 5.52. The number of aromatic carboxylic acids is 1. The Morgan fingerprint density at radius 3 is 2.29 bits per heavy atom. The predicted octanol–water partition coefficient (Wildman–Crippen LogP) is 3.47. The number of benzene rings is 1. The molecule has 0 saturated heterocycles. The number of carboxylic acid groups (broad SMARTS) is 1. The molecule has 0 aliphatic rings. The highest BCUT2D eigenvalue weighted by molar-refractivity contribution is 5.87. The summed E-state index contributed by atoms with van der Waals surface area (Å²) in [6.45, 7) is 4.00. The van der Waals surface area contributed by atoms with E-state index in [1.165, 1.54) is 6.20 Å². The lowest BCUT2D eigenvalue weighted by atomic mass is 10.1. The fourth-order valence-electron chi connectivity index (χ4n) is 1.36. The second kappa shape index (κ2) is 6.43. The van der Waals surface area contributed by atoms with Crippen molar-refractivity contribution in [2.75, 3.05) is 0 Å². The van der Waals surface area contributed by atoms with Crippen molar-refractivity contribution in [1.82, 2.24) is 4.98 Å². The van der Waals surface area contributed by atoms with Gasteiger partial charge in [-0.1, -0.05) is 44.2 Å². The summed E-state index contributed by atoms with van der Waals surface area (Å²) in [5.41, 5.74) is 1.92. The highest BCUT2D eigenvalue weighted by atomic mass is 16.4. The van der Waals surface area contributed by atoms with Crippen molar-refractivity contribution in [2.24, 2.45) is 0 Å². The molecule has 0 saturated carbocycles. The third-order valence-corrected chi connectivity index (χ3v) is 2.09. The Kier molecular flexibility index (Phi) is 4.88. The van der Waals surface area contributed by atoms with E-state index in [4.69, 9.17) is 5.11 Å². The van der Waals surface area contributed by atoms with Gasteiger partial charge in [0.05, 0.1) is 0 Å². The van der Waals surface area contributed by atoms with Crippen molar-refractivity contribution < 1.29 is 9.90 Å². The number of nitrogens with zero attached hydrogens (tertiary/aromatic N) is 1. The van der Waals surface area contributed by atoms with E-state index in [1.807, 2.05) is 44.2 Å². The van der Waals surface area contributed by atoms with Gasteiger partial charge in [0.1, 0.15) is 5.69 Å². The third kappa shape index (κ3) is 3.41.